The van der Waals surface area contributed by atoms with E-state index < -0.39 is 0 Å². The lowest BCUT2D eigenvalue weighted by molar-refractivity contribution is -0.115. The van der Waals surface area contributed by atoms with Crippen molar-refractivity contribution < 1.29 is 4.79 Å². The number of carbonyl (C=O) groups excluding carboxylic acids is 1. The van der Waals surface area contributed by atoms with Gasteiger partial charge >= 0.3 is 0 Å². The van der Waals surface area contributed by atoms with E-state index >= 15 is 0 Å². The van der Waals surface area contributed by atoms with Crippen molar-refractivity contribution in [3.05, 3.63) is 47.5 Å². The van der Waals surface area contributed by atoms with Crippen molar-refractivity contribution in [2.45, 2.75) is 70.6 Å². The van der Waals surface area contributed by atoms with Gasteiger partial charge in [0.25, 0.3) is 0 Å². The molecule has 0 spiro atoms. The Labute approximate surface area is 129 Å². The molecule has 1 aromatic carbocycles. The first kappa shape index (κ1) is 16.0. The van der Waals surface area contributed by atoms with Gasteiger partial charge in [-0.3, -0.25) is 4.79 Å². The first-order chi connectivity index (χ1) is 10.2. The molecule has 0 aliphatic heterocycles. The summed E-state index contributed by atoms with van der Waals surface area (Å²) in [5, 5.41) is 0. The molecule has 1 unspecified atom stereocenters. The zero-order valence-corrected chi connectivity index (χ0v) is 13.5. The van der Waals surface area contributed by atoms with E-state index in [1.165, 1.54) is 37.7 Å². The van der Waals surface area contributed by atoms with Crippen molar-refractivity contribution in [1.82, 2.24) is 0 Å². The Morgan fingerprint density at radius 1 is 1.00 bits per heavy atom. The summed E-state index contributed by atoms with van der Waals surface area (Å²) in [7, 11) is 0. The molecule has 0 saturated carbocycles. The van der Waals surface area contributed by atoms with Gasteiger partial charge in [0, 0.05) is 11.8 Å². The summed E-state index contributed by atoms with van der Waals surface area (Å²) < 4.78 is 0. The second kappa shape index (κ2) is 7.59. The number of hydrogen-bond donors (Lipinski definition) is 0. The predicted octanol–water partition coefficient (Wildman–Crippen LogP) is 5.59. The number of ketones is 1. The summed E-state index contributed by atoms with van der Waals surface area (Å²) in [6, 6.07) is 10.4. The predicted molar refractivity (Wildman–Crippen MR) is 89.5 cm³/mol. The molecule has 1 heteroatoms. The highest BCUT2D eigenvalue weighted by atomic mass is 16.1. The maximum atomic E-state index is 12.3. The van der Waals surface area contributed by atoms with Crippen molar-refractivity contribution in [3.63, 3.8) is 0 Å². The third-order valence-electron chi connectivity index (χ3n) is 4.61. The lowest BCUT2D eigenvalue weighted by Crippen LogP contribution is -2.17. The van der Waals surface area contributed by atoms with E-state index in [0.29, 0.717) is 12.2 Å². The van der Waals surface area contributed by atoms with Gasteiger partial charge in [0.1, 0.15) is 0 Å². The van der Waals surface area contributed by atoms with E-state index in [1.807, 2.05) is 6.07 Å². The Morgan fingerprint density at radius 3 is 2.38 bits per heavy atom. The molecule has 114 valence electrons. The van der Waals surface area contributed by atoms with Crippen molar-refractivity contribution in [2.75, 3.05) is 0 Å². The lowest BCUT2D eigenvalue weighted by atomic mass is 9.82. The van der Waals surface area contributed by atoms with E-state index in [-0.39, 0.29) is 5.41 Å². The van der Waals surface area contributed by atoms with Crippen LogP contribution in [0.5, 0.6) is 0 Å². The second-order valence-corrected chi connectivity index (χ2v) is 6.57. The van der Waals surface area contributed by atoms with Gasteiger partial charge in [-0.05, 0) is 24.0 Å². The molecule has 1 atom stereocenters. The molecule has 0 bridgehead atoms. The third-order valence-corrected chi connectivity index (χ3v) is 4.61. The smallest absolute Gasteiger partial charge is 0.159 e. The van der Waals surface area contributed by atoms with Crippen LogP contribution in [0.1, 0.15) is 70.8 Å². The van der Waals surface area contributed by atoms with E-state index in [1.54, 1.807) is 0 Å². The molecule has 1 aliphatic rings. The van der Waals surface area contributed by atoms with Crippen molar-refractivity contribution >= 4 is 5.78 Å². The topological polar surface area (TPSA) is 17.1 Å². The summed E-state index contributed by atoms with van der Waals surface area (Å²) in [6.07, 6.45) is 11.5. The van der Waals surface area contributed by atoms with Crippen LogP contribution in [0.25, 0.3) is 0 Å². The summed E-state index contributed by atoms with van der Waals surface area (Å²) in [5.41, 5.74) is 2.24. The minimum atomic E-state index is -0.0874. The Bertz CT molecular complexity index is 486. The van der Waals surface area contributed by atoms with E-state index in [9.17, 15) is 4.79 Å². The maximum Gasteiger partial charge on any atom is 0.159 e. The van der Waals surface area contributed by atoms with Crippen molar-refractivity contribution in [3.8, 4) is 0 Å². The van der Waals surface area contributed by atoms with Crippen LogP contribution in [0.15, 0.2) is 42.0 Å². The normalized spacial score (nSPS) is 21.6. The minimum Gasteiger partial charge on any atom is -0.295 e. The summed E-state index contributed by atoms with van der Waals surface area (Å²) >= 11 is 0. The molecular weight excluding hydrogens is 256 g/mol. The third kappa shape index (κ3) is 4.30. The van der Waals surface area contributed by atoms with Crippen molar-refractivity contribution in [2.24, 2.45) is 0 Å². The van der Waals surface area contributed by atoms with Gasteiger partial charge in [0.15, 0.2) is 5.78 Å². The standard InChI is InChI=1S/C20H28O/c1-3-4-5-6-7-9-12-17-15-20(2,16-19(17)21)18-13-10-8-11-14-18/h8,10-11,13-15H,3-7,9,12,16H2,1-2H3. The molecule has 1 aromatic rings. The SMILES string of the molecule is CCCCCCCCC1=CC(C)(c2ccccc2)CC1=O. The molecule has 1 aliphatic carbocycles. The summed E-state index contributed by atoms with van der Waals surface area (Å²) in [4.78, 5) is 12.3. The quantitative estimate of drug-likeness (QED) is 0.568. The first-order valence-corrected chi connectivity index (χ1v) is 8.46. The molecule has 1 nitrogen and oxygen atoms in total. The number of rotatable bonds is 8. The Kier molecular flexibility index (Phi) is 5.78. The minimum absolute atomic E-state index is 0.0874. The monoisotopic (exact) mass is 284 g/mol. The fraction of sp³-hybridized carbons (Fsp3) is 0.550. The zero-order valence-electron chi connectivity index (χ0n) is 13.5. The number of hydrogen-bond acceptors (Lipinski definition) is 1. The average molecular weight is 284 g/mol. The first-order valence-electron chi connectivity index (χ1n) is 8.46. The van der Waals surface area contributed by atoms with Crippen LogP contribution in [0.3, 0.4) is 0 Å². The Hall–Kier alpha value is -1.37. The summed E-state index contributed by atoms with van der Waals surface area (Å²) in [5.74, 6) is 0.356. The molecule has 0 saturated heterocycles. The van der Waals surface area contributed by atoms with Crippen LogP contribution in [0.4, 0.5) is 0 Å². The van der Waals surface area contributed by atoms with E-state index in [0.717, 1.165) is 18.4 Å². The fourth-order valence-electron chi connectivity index (χ4n) is 3.27. The molecule has 0 heterocycles. The van der Waals surface area contributed by atoms with Gasteiger partial charge in [-0.2, -0.15) is 0 Å². The molecule has 0 fully saturated rings. The van der Waals surface area contributed by atoms with Crippen LogP contribution < -0.4 is 0 Å². The van der Waals surface area contributed by atoms with Gasteiger partial charge in [-0.15, -0.1) is 0 Å². The van der Waals surface area contributed by atoms with Gasteiger partial charge in [-0.25, -0.2) is 0 Å². The van der Waals surface area contributed by atoms with Crippen LogP contribution in [-0.4, -0.2) is 5.78 Å². The van der Waals surface area contributed by atoms with Crippen molar-refractivity contribution in [1.29, 1.82) is 0 Å². The highest BCUT2D eigenvalue weighted by Crippen LogP contribution is 2.38. The number of allylic oxidation sites excluding steroid dienone is 2. The molecule has 2 rings (SSSR count). The molecule has 0 N–H and O–H groups in total. The largest absolute Gasteiger partial charge is 0.295 e. The zero-order chi connectivity index (χ0) is 15.1. The van der Waals surface area contributed by atoms with Crippen LogP contribution in [0, 0.1) is 0 Å². The Balaban J connectivity index is 1.88. The maximum absolute atomic E-state index is 12.3. The van der Waals surface area contributed by atoms with Gasteiger partial charge in [0.05, 0.1) is 0 Å². The number of Topliss-reactive ketones (excluding diaryl/α,β-unsaturated/α-hetero) is 1. The number of benzene rings is 1. The molecule has 0 radical (unpaired) electrons. The second-order valence-electron chi connectivity index (χ2n) is 6.57. The number of carbonyl (C=O) groups is 1. The van der Waals surface area contributed by atoms with Gasteiger partial charge in [-0.1, -0.05) is 82.4 Å². The highest BCUT2D eigenvalue weighted by Gasteiger charge is 2.34. The molecular formula is C20H28O. The van der Waals surface area contributed by atoms with E-state index in [2.05, 4.69) is 44.2 Å². The van der Waals surface area contributed by atoms with Gasteiger partial charge < -0.3 is 0 Å². The fourth-order valence-corrected chi connectivity index (χ4v) is 3.27. The van der Waals surface area contributed by atoms with Crippen LogP contribution in [0.2, 0.25) is 0 Å². The summed E-state index contributed by atoms with van der Waals surface area (Å²) in [6.45, 7) is 4.43. The van der Waals surface area contributed by atoms with E-state index in [4.69, 9.17) is 0 Å². The van der Waals surface area contributed by atoms with Gasteiger partial charge in [0.2, 0.25) is 0 Å². The molecule has 0 amide bonds. The average Bonchev–Trinajstić information content (AvgIpc) is 2.79. The Morgan fingerprint density at radius 2 is 1.67 bits per heavy atom. The molecule has 0 aromatic heterocycles. The van der Waals surface area contributed by atoms with Crippen LogP contribution >= 0.6 is 0 Å². The lowest BCUT2D eigenvalue weighted by Gasteiger charge is -2.21. The number of unbranched alkanes of at least 4 members (excludes halogenated alkanes) is 5. The van der Waals surface area contributed by atoms with Crippen LogP contribution in [-0.2, 0) is 10.2 Å². The highest BCUT2D eigenvalue weighted by molar-refractivity contribution is 5.99. The molecule has 21 heavy (non-hydrogen) atoms.